The van der Waals surface area contributed by atoms with Gasteiger partial charge in [-0.15, -0.1) is 0 Å². The molecule has 0 fully saturated rings. The van der Waals surface area contributed by atoms with Gasteiger partial charge in [0.15, 0.2) is 0 Å². The maximum atomic E-state index is 10.6. The second-order valence-corrected chi connectivity index (χ2v) is 3.84. The first-order valence-corrected chi connectivity index (χ1v) is 5.33. The average molecular weight is 222 g/mol. The molecule has 1 amide bonds. The molecule has 0 saturated heterocycles. The molecular formula is C12H18N2O2. The third kappa shape index (κ3) is 4.31. The summed E-state index contributed by atoms with van der Waals surface area (Å²) in [5, 5.41) is 2.96. The summed E-state index contributed by atoms with van der Waals surface area (Å²) in [5.41, 5.74) is 6.07. The van der Waals surface area contributed by atoms with Crippen LogP contribution in [0, 0.1) is 0 Å². The van der Waals surface area contributed by atoms with Crippen molar-refractivity contribution >= 4 is 5.91 Å². The van der Waals surface area contributed by atoms with Crippen molar-refractivity contribution < 1.29 is 9.53 Å². The Labute approximate surface area is 95.8 Å². The Kier molecular flexibility index (Phi) is 4.79. The predicted molar refractivity (Wildman–Crippen MR) is 63.1 cm³/mol. The largest absolute Gasteiger partial charge is 0.491 e. The molecule has 0 spiro atoms. The molecule has 1 aromatic rings. The highest BCUT2D eigenvalue weighted by Crippen LogP contribution is 2.18. The van der Waals surface area contributed by atoms with E-state index in [4.69, 9.17) is 10.5 Å². The van der Waals surface area contributed by atoms with Gasteiger partial charge in [-0.05, 0) is 19.9 Å². The van der Waals surface area contributed by atoms with E-state index < -0.39 is 0 Å². The Morgan fingerprint density at radius 1 is 1.44 bits per heavy atom. The second kappa shape index (κ2) is 6.12. The molecule has 1 rings (SSSR count). The Hall–Kier alpha value is -1.55. The molecule has 0 aliphatic heterocycles. The zero-order chi connectivity index (χ0) is 12.0. The van der Waals surface area contributed by atoms with Gasteiger partial charge >= 0.3 is 0 Å². The number of amides is 1. The summed E-state index contributed by atoms with van der Waals surface area (Å²) in [6, 6.07) is 7.75. The van der Waals surface area contributed by atoms with E-state index in [1.807, 2.05) is 38.1 Å². The van der Waals surface area contributed by atoms with E-state index in [1.54, 1.807) is 0 Å². The minimum atomic E-state index is -0.359. The Morgan fingerprint density at radius 3 is 2.75 bits per heavy atom. The molecule has 0 aliphatic rings. The van der Waals surface area contributed by atoms with Crippen LogP contribution >= 0.6 is 0 Å². The van der Waals surface area contributed by atoms with Gasteiger partial charge in [-0.2, -0.15) is 0 Å². The summed E-state index contributed by atoms with van der Waals surface area (Å²) >= 11 is 0. The molecular weight excluding hydrogens is 204 g/mol. The van der Waals surface area contributed by atoms with Crippen LogP contribution in [0.1, 0.15) is 19.4 Å². The van der Waals surface area contributed by atoms with Crippen LogP contribution in [0.15, 0.2) is 24.3 Å². The summed E-state index contributed by atoms with van der Waals surface area (Å²) in [7, 11) is 0. The van der Waals surface area contributed by atoms with Gasteiger partial charge in [-0.1, -0.05) is 18.2 Å². The van der Waals surface area contributed by atoms with E-state index in [0.29, 0.717) is 6.54 Å². The number of hydrogen-bond donors (Lipinski definition) is 2. The molecule has 0 saturated carbocycles. The third-order valence-electron chi connectivity index (χ3n) is 1.95. The summed E-state index contributed by atoms with van der Waals surface area (Å²) < 4.78 is 5.65. The van der Waals surface area contributed by atoms with E-state index in [1.165, 1.54) is 0 Å². The summed E-state index contributed by atoms with van der Waals surface area (Å²) in [6.07, 6.45) is 0.136. The zero-order valence-electron chi connectivity index (χ0n) is 9.69. The normalized spacial score (nSPS) is 10.4. The highest BCUT2D eigenvalue weighted by atomic mass is 16.5. The number of carbonyl (C=O) groups excluding carboxylic acids is 1. The molecule has 0 radical (unpaired) electrons. The molecule has 0 unspecified atom stereocenters. The average Bonchev–Trinajstić information content (AvgIpc) is 2.19. The smallest absolute Gasteiger partial charge is 0.231 e. The first-order chi connectivity index (χ1) is 7.59. The van der Waals surface area contributed by atoms with Crippen LogP contribution in [0.2, 0.25) is 0 Å². The molecule has 88 valence electrons. The van der Waals surface area contributed by atoms with Crippen molar-refractivity contribution in [3.05, 3.63) is 29.8 Å². The summed E-state index contributed by atoms with van der Waals surface area (Å²) in [5.74, 6) is 0.483. The van der Waals surface area contributed by atoms with Gasteiger partial charge in [0, 0.05) is 12.1 Å². The second-order valence-electron chi connectivity index (χ2n) is 3.84. The number of ether oxygens (including phenoxy) is 1. The van der Waals surface area contributed by atoms with Crippen LogP contribution in [-0.4, -0.2) is 18.6 Å². The van der Waals surface area contributed by atoms with Crippen LogP contribution in [0.25, 0.3) is 0 Å². The van der Waals surface area contributed by atoms with Gasteiger partial charge < -0.3 is 15.8 Å². The fraction of sp³-hybridized carbons (Fsp3) is 0.417. The first-order valence-electron chi connectivity index (χ1n) is 5.33. The standard InChI is InChI=1S/C12H18N2O2/c1-9(2)16-11-6-4-3-5-10(11)7-14-8-12(13)15/h3-6,9,14H,7-8H2,1-2H3,(H2,13,15). The van der Waals surface area contributed by atoms with E-state index >= 15 is 0 Å². The molecule has 0 aromatic heterocycles. The first kappa shape index (κ1) is 12.5. The minimum absolute atomic E-state index is 0.136. The van der Waals surface area contributed by atoms with Gasteiger partial charge in [-0.25, -0.2) is 0 Å². The molecule has 0 bridgehead atoms. The van der Waals surface area contributed by atoms with Gasteiger partial charge in [-0.3, -0.25) is 4.79 Å². The van der Waals surface area contributed by atoms with Crippen molar-refractivity contribution in [1.82, 2.24) is 5.32 Å². The summed E-state index contributed by atoms with van der Waals surface area (Å²) in [4.78, 5) is 10.6. The van der Waals surface area contributed by atoms with Crippen molar-refractivity contribution in [2.24, 2.45) is 5.73 Å². The van der Waals surface area contributed by atoms with Crippen LogP contribution in [-0.2, 0) is 11.3 Å². The van der Waals surface area contributed by atoms with E-state index in [-0.39, 0.29) is 18.6 Å². The van der Waals surface area contributed by atoms with Gasteiger partial charge in [0.2, 0.25) is 5.91 Å². The SMILES string of the molecule is CC(C)Oc1ccccc1CNCC(N)=O. The fourth-order valence-electron chi connectivity index (χ4n) is 1.34. The maximum Gasteiger partial charge on any atom is 0.231 e. The lowest BCUT2D eigenvalue weighted by Gasteiger charge is -2.14. The molecule has 0 atom stereocenters. The number of benzene rings is 1. The van der Waals surface area contributed by atoms with Crippen LogP contribution in [0.5, 0.6) is 5.75 Å². The van der Waals surface area contributed by atoms with Crippen LogP contribution in [0.3, 0.4) is 0 Å². The van der Waals surface area contributed by atoms with Gasteiger partial charge in [0.25, 0.3) is 0 Å². The van der Waals surface area contributed by atoms with Crippen LogP contribution in [0.4, 0.5) is 0 Å². The lowest BCUT2D eigenvalue weighted by Crippen LogP contribution is -2.28. The molecule has 4 nitrogen and oxygen atoms in total. The van der Waals surface area contributed by atoms with Crippen molar-refractivity contribution in [1.29, 1.82) is 0 Å². The van der Waals surface area contributed by atoms with Crippen molar-refractivity contribution in [3.8, 4) is 5.75 Å². The number of nitrogens with two attached hydrogens (primary N) is 1. The number of primary amides is 1. The molecule has 1 aromatic carbocycles. The lowest BCUT2D eigenvalue weighted by molar-refractivity contribution is -0.117. The number of hydrogen-bond acceptors (Lipinski definition) is 3. The topological polar surface area (TPSA) is 64.3 Å². The summed E-state index contributed by atoms with van der Waals surface area (Å²) in [6.45, 7) is 4.71. The number of carbonyl (C=O) groups is 1. The number of para-hydroxylation sites is 1. The van der Waals surface area contributed by atoms with Gasteiger partial charge in [0.05, 0.1) is 12.6 Å². The highest BCUT2D eigenvalue weighted by Gasteiger charge is 2.04. The third-order valence-corrected chi connectivity index (χ3v) is 1.95. The Morgan fingerprint density at radius 2 is 2.12 bits per heavy atom. The van der Waals surface area contributed by atoms with Crippen LogP contribution < -0.4 is 15.8 Å². The van der Waals surface area contributed by atoms with Crippen molar-refractivity contribution in [2.45, 2.75) is 26.5 Å². The quantitative estimate of drug-likeness (QED) is 0.756. The molecule has 16 heavy (non-hydrogen) atoms. The molecule has 4 heteroatoms. The number of nitrogens with one attached hydrogen (secondary N) is 1. The fourth-order valence-corrected chi connectivity index (χ4v) is 1.34. The molecule has 3 N–H and O–H groups in total. The minimum Gasteiger partial charge on any atom is -0.491 e. The van der Waals surface area contributed by atoms with Crippen molar-refractivity contribution in [3.63, 3.8) is 0 Å². The number of rotatable bonds is 6. The van der Waals surface area contributed by atoms with E-state index in [2.05, 4.69) is 5.32 Å². The van der Waals surface area contributed by atoms with Crippen molar-refractivity contribution in [2.75, 3.05) is 6.54 Å². The molecule has 0 heterocycles. The Balaban J connectivity index is 2.60. The predicted octanol–water partition coefficient (Wildman–Crippen LogP) is 1.05. The zero-order valence-corrected chi connectivity index (χ0v) is 9.69. The monoisotopic (exact) mass is 222 g/mol. The lowest BCUT2D eigenvalue weighted by atomic mass is 10.2. The molecule has 0 aliphatic carbocycles. The highest BCUT2D eigenvalue weighted by molar-refractivity contribution is 5.75. The maximum absolute atomic E-state index is 10.6. The van der Waals surface area contributed by atoms with E-state index in [9.17, 15) is 4.79 Å². The van der Waals surface area contributed by atoms with Gasteiger partial charge in [0.1, 0.15) is 5.75 Å². The Bertz CT molecular complexity index is 351. The van der Waals surface area contributed by atoms with E-state index in [0.717, 1.165) is 11.3 Å².